The van der Waals surface area contributed by atoms with Crippen molar-refractivity contribution in [3.8, 4) is 0 Å². The number of anilines is 1. The van der Waals surface area contributed by atoms with Gasteiger partial charge in [-0.15, -0.1) is 11.3 Å². The van der Waals surface area contributed by atoms with Gasteiger partial charge in [-0.2, -0.15) is 0 Å². The van der Waals surface area contributed by atoms with Gasteiger partial charge in [0.15, 0.2) is 6.29 Å². The zero-order valence-corrected chi connectivity index (χ0v) is 8.17. The molecule has 0 saturated heterocycles. The van der Waals surface area contributed by atoms with Crippen LogP contribution in [0.15, 0.2) is 18.2 Å². The highest BCUT2D eigenvalue weighted by Crippen LogP contribution is 2.30. The van der Waals surface area contributed by atoms with Crippen LogP contribution in [0.2, 0.25) is 0 Å². The number of nitrogen functional groups attached to an aromatic ring is 1. The molecule has 1 aromatic carbocycles. The van der Waals surface area contributed by atoms with Crippen molar-refractivity contribution < 1.29 is 9.90 Å². The van der Waals surface area contributed by atoms with Gasteiger partial charge in [0.1, 0.15) is 0 Å². The molecule has 2 aromatic rings. The van der Waals surface area contributed by atoms with E-state index in [1.54, 1.807) is 12.1 Å². The van der Waals surface area contributed by atoms with Crippen LogP contribution in [0.4, 0.5) is 5.69 Å². The van der Waals surface area contributed by atoms with Gasteiger partial charge in [-0.1, -0.05) is 0 Å². The standard InChI is InChI=1S/C10H9NO2S/c11-8-1-6-3-9(5-13)14-10(6)7(2-8)4-12/h1-4,13H,5,11H2. The van der Waals surface area contributed by atoms with Gasteiger partial charge < -0.3 is 10.8 Å². The van der Waals surface area contributed by atoms with Gasteiger partial charge >= 0.3 is 0 Å². The molecule has 0 saturated carbocycles. The minimum atomic E-state index is -0.00243. The third kappa shape index (κ3) is 1.38. The largest absolute Gasteiger partial charge is 0.399 e. The Balaban J connectivity index is 2.77. The molecule has 4 heteroatoms. The monoisotopic (exact) mass is 207 g/mol. The number of benzene rings is 1. The summed E-state index contributed by atoms with van der Waals surface area (Å²) in [6, 6.07) is 5.30. The number of hydrogen-bond donors (Lipinski definition) is 2. The Bertz CT molecular complexity index is 490. The lowest BCUT2D eigenvalue weighted by Gasteiger charge is -1.96. The molecule has 0 bridgehead atoms. The molecule has 3 nitrogen and oxygen atoms in total. The summed E-state index contributed by atoms with van der Waals surface area (Å²) in [5.41, 5.74) is 6.79. The van der Waals surface area contributed by atoms with E-state index in [0.717, 1.165) is 21.2 Å². The third-order valence-corrected chi connectivity index (χ3v) is 3.19. The van der Waals surface area contributed by atoms with Crippen LogP contribution in [-0.4, -0.2) is 11.4 Å². The highest BCUT2D eigenvalue weighted by atomic mass is 32.1. The van der Waals surface area contributed by atoms with Crippen LogP contribution < -0.4 is 5.73 Å². The quantitative estimate of drug-likeness (QED) is 0.583. The summed E-state index contributed by atoms with van der Waals surface area (Å²) in [5, 5.41) is 9.88. The Morgan fingerprint density at radius 3 is 2.86 bits per heavy atom. The number of aliphatic hydroxyl groups is 1. The minimum Gasteiger partial charge on any atom is -0.399 e. The molecular weight excluding hydrogens is 198 g/mol. The van der Waals surface area contributed by atoms with Crippen LogP contribution in [0, 0.1) is 0 Å². The van der Waals surface area contributed by atoms with Gasteiger partial charge in [-0.25, -0.2) is 0 Å². The van der Waals surface area contributed by atoms with E-state index in [9.17, 15) is 4.79 Å². The normalized spacial score (nSPS) is 10.6. The molecule has 1 heterocycles. The number of carbonyl (C=O) groups is 1. The van der Waals surface area contributed by atoms with Gasteiger partial charge in [0, 0.05) is 20.8 Å². The average Bonchev–Trinajstić information content (AvgIpc) is 2.59. The molecule has 0 atom stereocenters. The van der Waals surface area contributed by atoms with E-state index in [0.29, 0.717) is 11.3 Å². The molecule has 0 unspecified atom stereocenters. The highest BCUT2D eigenvalue weighted by molar-refractivity contribution is 7.19. The Labute approximate surface area is 84.8 Å². The maximum atomic E-state index is 10.8. The molecule has 2 rings (SSSR count). The second-order valence-corrected chi connectivity index (χ2v) is 4.15. The predicted molar refractivity (Wildman–Crippen MR) is 57.5 cm³/mol. The molecule has 0 aliphatic carbocycles. The first-order valence-electron chi connectivity index (χ1n) is 4.12. The van der Waals surface area contributed by atoms with Crippen molar-refractivity contribution in [2.75, 3.05) is 5.73 Å². The van der Waals surface area contributed by atoms with Crippen molar-refractivity contribution in [1.82, 2.24) is 0 Å². The lowest BCUT2D eigenvalue weighted by molar-refractivity contribution is 0.112. The zero-order valence-electron chi connectivity index (χ0n) is 7.36. The fourth-order valence-electron chi connectivity index (χ4n) is 1.42. The van der Waals surface area contributed by atoms with Crippen LogP contribution in [0.25, 0.3) is 10.1 Å². The van der Waals surface area contributed by atoms with Gasteiger partial charge in [0.2, 0.25) is 0 Å². The van der Waals surface area contributed by atoms with E-state index >= 15 is 0 Å². The summed E-state index contributed by atoms with van der Waals surface area (Å²) in [4.78, 5) is 11.6. The Morgan fingerprint density at radius 2 is 2.21 bits per heavy atom. The Morgan fingerprint density at radius 1 is 1.43 bits per heavy atom. The molecule has 0 fully saturated rings. The van der Waals surface area contributed by atoms with Gasteiger partial charge in [0.05, 0.1) is 6.61 Å². The number of aliphatic hydroxyl groups excluding tert-OH is 1. The molecule has 0 aliphatic heterocycles. The van der Waals surface area contributed by atoms with Crippen molar-refractivity contribution in [3.05, 3.63) is 28.6 Å². The second kappa shape index (κ2) is 3.40. The number of carbonyl (C=O) groups excluding carboxylic acids is 1. The molecule has 0 spiro atoms. The summed E-state index contributed by atoms with van der Waals surface area (Å²) in [6.07, 6.45) is 0.788. The van der Waals surface area contributed by atoms with Crippen molar-refractivity contribution in [2.45, 2.75) is 6.61 Å². The molecule has 0 radical (unpaired) electrons. The number of fused-ring (bicyclic) bond motifs is 1. The molecule has 14 heavy (non-hydrogen) atoms. The first-order valence-corrected chi connectivity index (χ1v) is 4.94. The summed E-state index contributed by atoms with van der Waals surface area (Å²) < 4.78 is 0.887. The molecule has 1 aromatic heterocycles. The molecule has 0 aliphatic rings. The van der Waals surface area contributed by atoms with Crippen molar-refractivity contribution in [2.24, 2.45) is 0 Å². The minimum absolute atomic E-state index is 0.00243. The maximum absolute atomic E-state index is 10.8. The molecular formula is C10H9NO2S. The smallest absolute Gasteiger partial charge is 0.151 e. The second-order valence-electron chi connectivity index (χ2n) is 3.02. The van der Waals surface area contributed by atoms with E-state index in [1.807, 2.05) is 6.07 Å². The van der Waals surface area contributed by atoms with Crippen molar-refractivity contribution in [3.63, 3.8) is 0 Å². The third-order valence-electron chi connectivity index (χ3n) is 2.00. The van der Waals surface area contributed by atoms with Crippen LogP contribution >= 0.6 is 11.3 Å². The van der Waals surface area contributed by atoms with Crippen molar-refractivity contribution >= 4 is 33.4 Å². The van der Waals surface area contributed by atoms with Crippen LogP contribution in [0.3, 0.4) is 0 Å². The number of aldehydes is 1. The molecule has 72 valence electrons. The van der Waals surface area contributed by atoms with Crippen LogP contribution in [0.1, 0.15) is 15.2 Å². The summed E-state index contributed by atoms with van der Waals surface area (Å²) in [5.74, 6) is 0. The first kappa shape index (κ1) is 9.18. The first-order chi connectivity index (χ1) is 6.74. The average molecular weight is 207 g/mol. The van der Waals surface area contributed by atoms with Gasteiger partial charge in [0.25, 0.3) is 0 Å². The molecule has 0 amide bonds. The Kier molecular flexibility index (Phi) is 2.23. The van der Waals surface area contributed by atoms with E-state index in [-0.39, 0.29) is 6.61 Å². The van der Waals surface area contributed by atoms with Gasteiger partial charge in [-0.05, 0) is 23.6 Å². The van der Waals surface area contributed by atoms with E-state index < -0.39 is 0 Å². The lowest BCUT2D eigenvalue weighted by Crippen LogP contribution is -1.87. The van der Waals surface area contributed by atoms with Crippen LogP contribution in [-0.2, 0) is 6.61 Å². The van der Waals surface area contributed by atoms with Gasteiger partial charge in [-0.3, -0.25) is 4.79 Å². The highest BCUT2D eigenvalue weighted by Gasteiger charge is 2.06. The SMILES string of the molecule is Nc1cc(C=O)c2sc(CO)cc2c1. The van der Waals surface area contributed by atoms with E-state index in [2.05, 4.69) is 0 Å². The maximum Gasteiger partial charge on any atom is 0.151 e. The predicted octanol–water partition coefficient (Wildman–Crippen LogP) is 1.79. The number of nitrogens with two attached hydrogens (primary N) is 1. The summed E-state index contributed by atoms with van der Waals surface area (Å²) >= 11 is 1.42. The van der Waals surface area contributed by atoms with Crippen LogP contribution in [0.5, 0.6) is 0 Å². The van der Waals surface area contributed by atoms with E-state index in [1.165, 1.54) is 11.3 Å². The van der Waals surface area contributed by atoms with Crippen molar-refractivity contribution in [1.29, 1.82) is 0 Å². The number of rotatable bonds is 2. The number of hydrogen-bond acceptors (Lipinski definition) is 4. The molecule has 3 N–H and O–H groups in total. The summed E-state index contributed by atoms with van der Waals surface area (Å²) in [7, 11) is 0. The Hall–Kier alpha value is -1.39. The zero-order chi connectivity index (χ0) is 10.1. The van der Waals surface area contributed by atoms with E-state index in [4.69, 9.17) is 10.8 Å². The topological polar surface area (TPSA) is 63.3 Å². The fourth-order valence-corrected chi connectivity index (χ4v) is 2.40. The lowest BCUT2D eigenvalue weighted by atomic mass is 10.1. The number of thiophene rings is 1. The summed E-state index contributed by atoms with van der Waals surface area (Å²) in [6.45, 7) is -0.00243. The fraction of sp³-hybridized carbons (Fsp3) is 0.100.